The predicted octanol–water partition coefficient (Wildman–Crippen LogP) is 6.87. The summed E-state index contributed by atoms with van der Waals surface area (Å²) in [5.74, 6) is 0.130. The Balaban J connectivity index is 1.36. The Hall–Kier alpha value is -4.11. The standard InChI is InChI=1S/C33H32N2O/c1-2-11-29-21-20-28(32(26-12-5-3-6-13-26)27-14-7-4-8-15-27)24-35(29)23-22-34-33(36)31-19-10-17-25-16-9-18-30(25)31/h3-15,17-21,24,32H,2,16,22-23H2,1H3,(H,34,36)/b29-11-. The molecule has 5 rings (SSSR count). The third kappa shape index (κ3) is 5.11. The van der Waals surface area contributed by atoms with Gasteiger partial charge in [0, 0.05) is 36.5 Å². The van der Waals surface area contributed by atoms with Gasteiger partial charge in [0.25, 0.3) is 5.91 Å². The van der Waals surface area contributed by atoms with Crippen LogP contribution in [0.15, 0.2) is 121 Å². The van der Waals surface area contributed by atoms with E-state index >= 15 is 0 Å². The van der Waals surface area contributed by atoms with Gasteiger partial charge in [0.2, 0.25) is 0 Å². The molecule has 0 bridgehead atoms. The van der Waals surface area contributed by atoms with Crippen LogP contribution in [0, 0.1) is 0 Å². The molecule has 1 N–H and O–H groups in total. The fraction of sp³-hybridized carbons (Fsp3) is 0.182. The molecule has 0 aromatic heterocycles. The molecule has 36 heavy (non-hydrogen) atoms. The lowest BCUT2D eigenvalue weighted by Gasteiger charge is -2.30. The van der Waals surface area contributed by atoms with Gasteiger partial charge in [0.15, 0.2) is 0 Å². The number of benzene rings is 3. The Morgan fingerprint density at radius 3 is 2.33 bits per heavy atom. The lowest BCUT2D eigenvalue weighted by molar-refractivity contribution is 0.0951. The Morgan fingerprint density at radius 1 is 0.917 bits per heavy atom. The van der Waals surface area contributed by atoms with Gasteiger partial charge in [0.1, 0.15) is 0 Å². The second-order valence-electron chi connectivity index (χ2n) is 9.19. The van der Waals surface area contributed by atoms with E-state index in [2.05, 4.69) is 120 Å². The summed E-state index contributed by atoms with van der Waals surface area (Å²) in [5.41, 5.74) is 7.96. The summed E-state index contributed by atoms with van der Waals surface area (Å²) in [6, 6.07) is 27.3. The molecular formula is C33H32N2O. The molecular weight excluding hydrogens is 440 g/mol. The van der Waals surface area contributed by atoms with E-state index < -0.39 is 0 Å². The average molecular weight is 473 g/mol. The van der Waals surface area contributed by atoms with Crippen molar-refractivity contribution in [2.75, 3.05) is 13.1 Å². The molecule has 3 aromatic carbocycles. The SMILES string of the molecule is CC/C=C1/C=CC(C(c2ccccc2)c2ccccc2)=CN1CCNC(=O)c1cccc2c1C=CC2. The van der Waals surface area contributed by atoms with Crippen LogP contribution in [-0.2, 0) is 6.42 Å². The van der Waals surface area contributed by atoms with Gasteiger partial charge < -0.3 is 10.2 Å². The van der Waals surface area contributed by atoms with Crippen molar-refractivity contribution in [2.45, 2.75) is 25.7 Å². The van der Waals surface area contributed by atoms with Gasteiger partial charge in [0.05, 0.1) is 0 Å². The summed E-state index contributed by atoms with van der Waals surface area (Å²) < 4.78 is 0. The highest BCUT2D eigenvalue weighted by atomic mass is 16.1. The lowest BCUT2D eigenvalue weighted by atomic mass is 9.84. The molecule has 0 saturated heterocycles. The number of nitrogens with one attached hydrogen (secondary N) is 1. The maximum atomic E-state index is 13.0. The zero-order valence-corrected chi connectivity index (χ0v) is 20.7. The van der Waals surface area contributed by atoms with E-state index in [1.165, 1.54) is 28.0 Å². The number of fused-ring (bicyclic) bond motifs is 1. The highest BCUT2D eigenvalue weighted by molar-refractivity contribution is 5.98. The van der Waals surface area contributed by atoms with Crippen molar-refractivity contribution in [3.8, 4) is 0 Å². The quantitative estimate of drug-likeness (QED) is 0.388. The highest BCUT2D eigenvalue weighted by Crippen LogP contribution is 2.35. The highest BCUT2D eigenvalue weighted by Gasteiger charge is 2.22. The van der Waals surface area contributed by atoms with E-state index in [0.29, 0.717) is 13.1 Å². The van der Waals surface area contributed by atoms with E-state index in [0.717, 1.165) is 24.0 Å². The maximum Gasteiger partial charge on any atom is 0.251 e. The van der Waals surface area contributed by atoms with Gasteiger partial charge in [-0.1, -0.05) is 104 Å². The van der Waals surface area contributed by atoms with Crippen molar-refractivity contribution in [2.24, 2.45) is 0 Å². The van der Waals surface area contributed by atoms with Crippen LogP contribution in [0.5, 0.6) is 0 Å². The molecule has 3 aromatic rings. The molecule has 1 amide bonds. The van der Waals surface area contributed by atoms with Crippen LogP contribution in [0.2, 0.25) is 0 Å². The van der Waals surface area contributed by atoms with Crippen molar-refractivity contribution in [1.82, 2.24) is 10.2 Å². The molecule has 1 aliphatic carbocycles. The minimum Gasteiger partial charge on any atom is -0.350 e. The van der Waals surface area contributed by atoms with Crippen LogP contribution in [-0.4, -0.2) is 23.9 Å². The molecule has 3 nitrogen and oxygen atoms in total. The summed E-state index contributed by atoms with van der Waals surface area (Å²) in [6.45, 7) is 3.42. The molecule has 2 aliphatic rings. The third-order valence-electron chi connectivity index (χ3n) is 6.80. The van der Waals surface area contributed by atoms with Gasteiger partial charge in [-0.2, -0.15) is 0 Å². The lowest BCUT2D eigenvalue weighted by Crippen LogP contribution is -2.33. The van der Waals surface area contributed by atoms with Crippen LogP contribution >= 0.6 is 0 Å². The van der Waals surface area contributed by atoms with Crippen molar-refractivity contribution in [3.05, 3.63) is 148 Å². The van der Waals surface area contributed by atoms with Gasteiger partial charge in [-0.05, 0) is 52.8 Å². The molecule has 0 radical (unpaired) electrons. The monoisotopic (exact) mass is 472 g/mol. The van der Waals surface area contributed by atoms with Crippen LogP contribution in [0.4, 0.5) is 0 Å². The van der Waals surface area contributed by atoms with Crippen LogP contribution < -0.4 is 5.32 Å². The summed E-state index contributed by atoms with van der Waals surface area (Å²) in [7, 11) is 0. The Morgan fingerprint density at radius 2 is 1.64 bits per heavy atom. The largest absolute Gasteiger partial charge is 0.350 e. The van der Waals surface area contributed by atoms with E-state index in [1.54, 1.807) is 0 Å². The number of allylic oxidation sites excluding steroid dienone is 5. The molecule has 1 aliphatic heterocycles. The zero-order chi connectivity index (χ0) is 24.7. The summed E-state index contributed by atoms with van der Waals surface area (Å²) in [4.78, 5) is 15.3. The van der Waals surface area contributed by atoms with E-state index in [-0.39, 0.29) is 11.8 Å². The maximum absolute atomic E-state index is 13.0. The minimum absolute atomic E-state index is 0.0115. The third-order valence-corrected chi connectivity index (χ3v) is 6.80. The van der Waals surface area contributed by atoms with Crippen LogP contribution in [0.25, 0.3) is 6.08 Å². The summed E-state index contributed by atoms with van der Waals surface area (Å²) in [6.07, 6.45) is 15.0. The van der Waals surface area contributed by atoms with Crippen LogP contribution in [0.1, 0.15) is 51.9 Å². The molecule has 0 saturated carbocycles. The Kier molecular flexibility index (Phi) is 7.28. The summed E-state index contributed by atoms with van der Waals surface area (Å²) in [5, 5.41) is 3.15. The first-order chi connectivity index (χ1) is 17.7. The zero-order valence-electron chi connectivity index (χ0n) is 20.7. The first-order valence-corrected chi connectivity index (χ1v) is 12.8. The fourth-order valence-electron chi connectivity index (χ4n) is 5.08. The number of hydrogen-bond acceptors (Lipinski definition) is 2. The molecule has 0 unspecified atom stereocenters. The van der Waals surface area contributed by atoms with E-state index in [9.17, 15) is 4.79 Å². The number of rotatable bonds is 8. The Labute approximate surface area is 214 Å². The number of amides is 1. The van der Waals surface area contributed by atoms with Crippen molar-refractivity contribution >= 4 is 12.0 Å². The van der Waals surface area contributed by atoms with Gasteiger partial charge >= 0.3 is 0 Å². The first kappa shape index (κ1) is 23.6. The normalized spacial score (nSPS) is 15.3. The van der Waals surface area contributed by atoms with Crippen molar-refractivity contribution in [3.63, 3.8) is 0 Å². The van der Waals surface area contributed by atoms with Crippen molar-refractivity contribution < 1.29 is 4.79 Å². The second-order valence-corrected chi connectivity index (χ2v) is 9.19. The predicted molar refractivity (Wildman–Crippen MR) is 149 cm³/mol. The number of hydrogen-bond donors (Lipinski definition) is 1. The van der Waals surface area contributed by atoms with Gasteiger partial charge in [-0.3, -0.25) is 4.79 Å². The molecule has 180 valence electrons. The van der Waals surface area contributed by atoms with E-state index in [4.69, 9.17) is 0 Å². The summed E-state index contributed by atoms with van der Waals surface area (Å²) >= 11 is 0. The molecule has 3 heteroatoms. The van der Waals surface area contributed by atoms with Gasteiger partial charge in [-0.15, -0.1) is 0 Å². The van der Waals surface area contributed by atoms with Crippen LogP contribution in [0.3, 0.4) is 0 Å². The molecule has 0 spiro atoms. The van der Waals surface area contributed by atoms with Gasteiger partial charge in [-0.25, -0.2) is 0 Å². The second kappa shape index (κ2) is 11.1. The first-order valence-electron chi connectivity index (χ1n) is 12.8. The number of carbonyl (C=O) groups excluding carboxylic acids is 1. The fourth-order valence-corrected chi connectivity index (χ4v) is 5.08. The minimum atomic E-state index is -0.0115. The van der Waals surface area contributed by atoms with Crippen molar-refractivity contribution in [1.29, 1.82) is 0 Å². The smallest absolute Gasteiger partial charge is 0.251 e. The molecule has 0 atom stereocenters. The molecule has 0 fully saturated rings. The number of nitrogens with zero attached hydrogens (tertiary/aromatic N) is 1. The average Bonchev–Trinajstić information content (AvgIpc) is 3.41. The van der Waals surface area contributed by atoms with E-state index in [1.807, 2.05) is 12.1 Å². The topological polar surface area (TPSA) is 32.3 Å². The number of carbonyl (C=O) groups is 1. The molecule has 1 heterocycles. The Bertz CT molecular complexity index is 1290.